The Hall–Kier alpha value is -0.520. The third-order valence-corrected chi connectivity index (χ3v) is 4.78. The Labute approximate surface area is 101 Å². The number of esters is 1. The molecule has 0 radical (unpaired) electrons. The molecule has 0 N–H and O–H groups in total. The molecule has 1 atom stereocenters. The number of halogens is 6. The summed E-state index contributed by atoms with van der Waals surface area (Å²) >= 11 is 0. The molecule has 0 saturated carbocycles. The lowest BCUT2D eigenvalue weighted by molar-refractivity contribution is -0.142. The highest BCUT2D eigenvalue weighted by Gasteiger charge is 2.42. The fourth-order valence-electron chi connectivity index (χ4n) is 1.20. The topological polar surface area (TPSA) is 26.3 Å². The van der Waals surface area contributed by atoms with Gasteiger partial charge in [-0.15, -0.1) is 0 Å². The first-order valence-corrected chi connectivity index (χ1v) is 6.78. The van der Waals surface area contributed by atoms with Crippen LogP contribution in [0.3, 0.4) is 0 Å². The maximum atomic E-state index is 12.2. The van der Waals surface area contributed by atoms with E-state index in [-0.39, 0.29) is 6.61 Å². The molecule has 0 aromatic carbocycles. The van der Waals surface area contributed by atoms with Gasteiger partial charge < -0.3 is 4.74 Å². The van der Waals surface area contributed by atoms with Crippen LogP contribution in [0.15, 0.2) is 0 Å². The van der Waals surface area contributed by atoms with Crippen LogP contribution in [0.5, 0.6) is 0 Å². The van der Waals surface area contributed by atoms with Gasteiger partial charge in [0.05, 0.1) is 24.6 Å². The molecule has 0 heterocycles. The standard InChI is InChI=1S/C9H13F6O2P/c1-3-17-7(16)6(2)18(4-8(10,11)12)5-9(13,14)15/h6H,3-5H2,1-2H3. The molecule has 0 bridgehead atoms. The average molecular weight is 298 g/mol. The Morgan fingerprint density at radius 2 is 1.50 bits per heavy atom. The number of hydrogen-bond donors (Lipinski definition) is 0. The Morgan fingerprint density at radius 1 is 1.11 bits per heavy atom. The van der Waals surface area contributed by atoms with Gasteiger partial charge in [0.1, 0.15) is 0 Å². The lowest BCUT2D eigenvalue weighted by atomic mass is 10.5. The van der Waals surface area contributed by atoms with E-state index in [1.165, 1.54) is 6.92 Å². The zero-order chi connectivity index (χ0) is 14.6. The first-order valence-electron chi connectivity index (χ1n) is 5.00. The van der Waals surface area contributed by atoms with E-state index in [1.54, 1.807) is 0 Å². The van der Waals surface area contributed by atoms with Gasteiger partial charge in [0, 0.05) is 0 Å². The van der Waals surface area contributed by atoms with Crippen molar-refractivity contribution in [2.75, 3.05) is 18.9 Å². The lowest BCUT2D eigenvalue weighted by Crippen LogP contribution is -2.28. The Morgan fingerprint density at radius 3 is 1.78 bits per heavy atom. The molecule has 0 amide bonds. The number of alkyl halides is 6. The molecule has 108 valence electrons. The predicted molar refractivity (Wildman–Crippen MR) is 54.9 cm³/mol. The van der Waals surface area contributed by atoms with Crippen LogP contribution in [0.4, 0.5) is 26.3 Å². The molecule has 0 aliphatic heterocycles. The average Bonchev–Trinajstić information content (AvgIpc) is 2.11. The highest BCUT2D eigenvalue weighted by molar-refractivity contribution is 7.59. The number of carbonyl (C=O) groups is 1. The highest BCUT2D eigenvalue weighted by atomic mass is 31.1. The van der Waals surface area contributed by atoms with Crippen molar-refractivity contribution < 1.29 is 35.9 Å². The second-order valence-electron chi connectivity index (χ2n) is 3.56. The summed E-state index contributed by atoms with van der Waals surface area (Å²) in [5, 5.41) is 0. The Bertz CT molecular complexity index is 259. The fraction of sp³-hybridized carbons (Fsp3) is 0.889. The van der Waals surface area contributed by atoms with E-state index in [0.29, 0.717) is 0 Å². The van der Waals surface area contributed by atoms with E-state index >= 15 is 0 Å². The molecule has 0 saturated heterocycles. The van der Waals surface area contributed by atoms with Crippen LogP contribution in [0, 0.1) is 0 Å². The summed E-state index contributed by atoms with van der Waals surface area (Å²) in [6.07, 6.45) is -12.6. The molecule has 9 heteroatoms. The van der Waals surface area contributed by atoms with Crippen LogP contribution in [-0.4, -0.2) is 42.9 Å². The summed E-state index contributed by atoms with van der Waals surface area (Å²) in [7, 11) is -2.57. The third kappa shape index (κ3) is 7.74. The zero-order valence-electron chi connectivity index (χ0n) is 9.73. The zero-order valence-corrected chi connectivity index (χ0v) is 10.6. The van der Waals surface area contributed by atoms with Crippen LogP contribution in [0.1, 0.15) is 13.8 Å². The first-order chi connectivity index (χ1) is 7.96. The van der Waals surface area contributed by atoms with E-state index in [0.717, 1.165) is 6.92 Å². The van der Waals surface area contributed by atoms with E-state index in [4.69, 9.17) is 0 Å². The molecule has 0 aromatic rings. The molecule has 18 heavy (non-hydrogen) atoms. The van der Waals surface area contributed by atoms with Gasteiger partial charge in [-0.2, -0.15) is 26.3 Å². The van der Waals surface area contributed by atoms with Gasteiger partial charge in [0.15, 0.2) is 0 Å². The number of rotatable bonds is 5. The minimum atomic E-state index is -4.72. The van der Waals surface area contributed by atoms with Crippen molar-refractivity contribution in [3.63, 3.8) is 0 Å². The van der Waals surface area contributed by atoms with Crippen molar-refractivity contribution in [3.05, 3.63) is 0 Å². The van der Waals surface area contributed by atoms with Gasteiger partial charge in [0.2, 0.25) is 0 Å². The summed E-state index contributed by atoms with van der Waals surface area (Å²) < 4.78 is 77.6. The Kier molecular flexibility index (Phi) is 6.40. The SMILES string of the molecule is CCOC(=O)C(C)P(CC(F)(F)F)CC(F)(F)F. The first kappa shape index (κ1) is 17.5. The van der Waals surface area contributed by atoms with Crippen molar-refractivity contribution in [1.82, 2.24) is 0 Å². The normalized spacial score (nSPS) is 14.7. The smallest absolute Gasteiger partial charge is 0.392 e. The maximum Gasteiger partial charge on any atom is 0.392 e. The summed E-state index contributed by atoms with van der Waals surface area (Å²) in [6.45, 7) is 2.39. The monoisotopic (exact) mass is 298 g/mol. The number of ether oxygens (including phenoxy) is 1. The fourth-order valence-corrected chi connectivity index (χ4v) is 3.16. The summed E-state index contributed by atoms with van der Waals surface area (Å²) in [5.41, 5.74) is -1.39. The summed E-state index contributed by atoms with van der Waals surface area (Å²) in [6, 6.07) is 0. The van der Waals surface area contributed by atoms with Crippen molar-refractivity contribution in [3.8, 4) is 0 Å². The molecule has 0 aliphatic rings. The quantitative estimate of drug-likeness (QED) is 0.441. The van der Waals surface area contributed by atoms with Crippen LogP contribution >= 0.6 is 7.92 Å². The summed E-state index contributed by atoms with van der Waals surface area (Å²) in [4.78, 5) is 11.2. The highest BCUT2D eigenvalue weighted by Crippen LogP contribution is 2.49. The maximum absolute atomic E-state index is 12.2. The molecule has 0 aromatic heterocycles. The molecule has 1 unspecified atom stereocenters. The van der Waals surface area contributed by atoms with E-state index < -0.39 is 44.2 Å². The van der Waals surface area contributed by atoms with E-state index in [2.05, 4.69) is 4.74 Å². The minimum absolute atomic E-state index is 0.0790. The molecular formula is C9H13F6O2P. The second kappa shape index (κ2) is 6.59. The van der Waals surface area contributed by atoms with Crippen LogP contribution in [0.2, 0.25) is 0 Å². The van der Waals surface area contributed by atoms with Gasteiger partial charge in [-0.25, -0.2) is 0 Å². The largest absolute Gasteiger partial charge is 0.466 e. The van der Waals surface area contributed by atoms with Gasteiger partial charge in [0.25, 0.3) is 0 Å². The molecule has 0 fully saturated rings. The lowest BCUT2D eigenvalue weighted by Gasteiger charge is -2.25. The van der Waals surface area contributed by atoms with Crippen LogP contribution in [0.25, 0.3) is 0 Å². The predicted octanol–water partition coefficient (Wildman–Crippen LogP) is 3.54. The van der Waals surface area contributed by atoms with Crippen molar-refractivity contribution in [2.24, 2.45) is 0 Å². The van der Waals surface area contributed by atoms with Crippen molar-refractivity contribution in [1.29, 1.82) is 0 Å². The number of carbonyl (C=O) groups excluding carboxylic acids is 1. The van der Waals surface area contributed by atoms with Gasteiger partial charge >= 0.3 is 18.3 Å². The van der Waals surface area contributed by atoms with Crippen LogP contribution in [-0.2, 0) is 9.53 Å². The third-order valence-electron chi connectivity index (χ3n) is 1.94. The van der Waals surface area contributed by atoms with Crippen LogP contribution < -0.4 is 0 Å². The molecule has 0 spiro atoms. The molecule has 0 rings (SSSR count). The molecule has 0 aliphatic carbocycles. The van der Waals surface area contributed by atoms with E-state index in [1.807, 2.05) is 0 Å². The van der Waals surface area contributed by atoms with Crippen molar-refractivity contribution in [2.45, 2.75) is 31.9 Å². The molecular weight excluding hydrogens is 285 g/mol. The Balaban J connectivity index is 4.80. The van der Waals surface area contributed by atoms with E-state index in [9.17, 15) is 31.1 Å². The van der Waals surface area contributed by atoms with Gasteiger partial charge in [-0.1, -0.05) is 7.92 Å². The minimum Gasteiger partial charge on any atom is -0.466 e. The van der Waals surface area contributed by atoms with Gasteiger partial charge in [-0.05, 0) is 13.8 Å². The molecule has 2 nitrogen and oxygen atoms in total. The van der Waals surface area contributed by atoms with Crippen molar-refractivity contribution >= 4 is 13.9 Å². The summed E-state index contributed by atoms with van der Waals surface area (Å²) in [5.74, 6) is -1.02. The number of hydrogen-bond acceptors (Lipinski definition) is 2. The second-order valence-corrected chi connectivity index (χ2v) is 6.15. The van der Waals surface area contributed by atoms with Gasteiger partial charge in [-0.3, -0.25) is 4.79 Å².